The van der Waals surface area contributed by atoms with Crippen LogP contribution in [0.1, 0.15) is 63.5 Å². The monoisotopic (exact) mass is 400 g/mol. The van der Waals surface area contributed by atoms with Crippen LogP contribution in [0.15, 0.2) is 72.8 Å². The van der Waals surface area contributed by atoms with E-state index in [1.807, 2.05) is 0 Å². The molecule has 2 nitrogen and oxygen atoms in total. The molecule has 0 atom stereocenters. The van der Waals surface area contributed by atoms with Gasteiger partial charge in [0.1, 0.15) is 0 Å². The lowest BCUT2D eigenvalue weighted by molar-refractivity contribution is 0.717. The van der Waals surface area contributed by atoms with E-state index >= 15 is 0 Å². The highest BCUT2D eigenvalue weighted by Crippen LogP contribution is 2.23. The average Bonchev–Trinajstić information content (AvgIpc) is 2.76. The number of anilines is 4. The summed E-state index contributed by atoms with van der Waals surface area (Å²) in [6.07, 6.45) is 9.97. The second-order valence-corrected chi connectivity index (χ2v) is 8.14. The highest BCUT2D eigenvalue weighted by Gasteiger charge is 2.01. The molecule has 0 bridgehead atoms. The van der Waals surface area contributed by atoms with Crippen molar-refractivity contribution in [1.29, 1.82) is 0 Å². The third kappa shape index (κ3) is 7.26. The summed E-state index contributed by atoms with van der Waals surface area (Å²) in [4.78, 5) is 0. The summed E-state index contributed by atoms with van der Waals surface area (Å²) < 4.78 is 0. The lowest BCUT2D eigenvalue weighted by Gasteiger charge is -2.11. The van der Waals surface area contributed by atoms with Crippen LogP contribution in [-0.4, -0.2) is 0 Å². The molecule has 2 heteroatoms. The second kappa shape index (κ2) is 12.1. The van der Waals surface area contributed by atoms with Crippen LogP contribution < -0.4 is 10.6 Å². The fourth-order valence-corrected chi connectivity index (χ4v) is 3.74. The highest BCUT2D eigenvalue weighted by molar-refractivity contribution is 5.66. The van der Waals surface area contributed by atoms with Crippen molar-refractivity contribution in [2.24, 2.45) is 0 Å². The van der Waals surface area contributed by atoms with Gasteiger partial charge in [-0.2, -0.15) is 0 Å². The normalized spacial score (nSPS) is 10.7. The van der Waals surface area contributed by atoms with E-state index in [0.717, 1.165) is 35.6 Å². The van der Waals surface area contributed by atoms with Crippen LogP contribution in [-0.2, 0) is 12.8 Å². The van der Waals surface area contributed by atoms with Crippen molar-refractivity contribution in [2.75, 3.05) is 10.6 Å². The van der Waals surface area contributed by atoms with Gasteiger partial charge < -0.3 is 10.6 Å². The minimum absolute atomic E-state index is 1.11. The lowest BCUT2D eigenvalue weighted by Crippen LogP contribution is -1.95. The van der Waals surface area contributed by atoms with Crippen LogP contribution in [0.3, 0.4) is 0 Å². The van der Waals surface area contributed by atoms with E-state index in [1.54, 1.807) is 0 Å². The van der Waals surface area contributed by atoms with Crippen LogP contribution in [0.4, 0.5) is 22.7 Å². The first-order chi connectivity index (χ1) is 14.8. The van der Waals surface area contributed by atoms with E-state index in [0.29, 0.717) is 0 Å². The zero-order valence-electron chi connectivity index (χ0n) is 18.6. The molecule has 0 saturated heterocycles. The zero-order valence-corrected chi connectivity index (χ0v) is 18.6. The Balaban J connectivity index is 1.56. The van der Waals surface area contributed by atoms with Crippen molar-refractivity contribution in [3.63, 3.8) is 0 Å². The van der Waals surface area contributed by atoms with E-state index in [-0.39, 0.29) is 0 Å². The van der Waals surface area contributed by atoms with Gasteiger partial charge in [-0.05, 0) is 85.3 Å². The molecule has 0 radical (unpaired) electrons. The van der Waals surface area contributed by atoms with E-state index < -0.39 is 0 Å². The molecule has 30 heavy (non-hydrogen) atoms. The number of benzene rings is 3. The average molecular weight is 401 g/mol. The summed E-state index contributed by atoms with van der Waals surface area (Å²) in [6, 6.07) is 26.1. The minimum Gasteiger partial charge on any atom is -0.356 e. The van der Waals surface area contributed by atoms with E-state index in [2.05, 4.69) is 97.3 Å². The molecule has 0 aliphatic rings. The molecule has 0 spiro atoms. The Labute approximate surface area is 182 Å². The smallest absolute Gasteiger partial charge is 0.0386 e. The Morgan fingerprint density at radius 1 is 0.500 bits per heavy atom. The van der Waals surface area contributed by atoms with Crippen molar-refractivity contribution in [3.8, 4) is 0 Å². The Morgan fingerprint density at radius 2 is 0.933 bits per heavy atom. The van der Waals surface area contributed by atoms with Gasteiger partial charge in [0.2, 0.25) is 0 Å². The molecular formula is C28H36N2. The number of aryl methyl sites for hydroxylation is 2. The van der Waals surface area contributed by atoms with Gasteiger partial charge in [-0.1, -0.05) is 63.8 Å². The third-order valence-corrected chi connectivity index (χ3v) is 5.45. The summed E-state index contributed by atoms with van der Waals surface area (Å²) in [5, 5.41) is 7.07. The Bertz CT molecular complexity index is 809. The van der Waals surface area contributed by atoms with Gasteiger partial charge in [-0.25, -0.2) is 0 Å². The quantitative estimate of drug-likeness (QED) is 0.297. The maximum Gasteiger partial charge on any atom is 0.0386 e. The number of hydrogen-bond acceptors (Lipinski definition) is 2. The summed E-state index contributed by atoms with van der Waals surface area (Å²) in [5.74, 6) is 0. The predicted octanol–water partition coefficient (Wildman–Crippen LogP) is 8.64. The van der Waals surface area contributed by atoms with Crippen molar-refractivity contribution in [2.45, 2.75) is 65.2 Å². The number of rotatable bonds is 12. The van der Waals surface area contributed by atoms with Crippen LogP contribution >= 0.6 is 0 Å². The van der Waals surface area contributed by atoms with Gasteiger partial charge in [0.25, 0.3) is 0 Å². The Kier molecular flexibility index (Phi) is 8.83. The first-order valence-electron chi connectivity index (χ1n) is 11.6. The topological polar surface area (TPSA) is 24.1 Å². The van der Waals surface area contributed by atoms with Crippen LogP contribution in [0.2, 0.25) is 0 Å². The SMILES string of the molecule is CCCCCc1cccc(Nc2ccc(Nc3cccc(CCCCC)c3)cc2)c1. The largest absolute Gasteiger partial charge is 0.356 e. The first kappa shape index (κ1) is 22.0. The summed E-state index contributed by atoms with van der Waals surface area (Å²) in [7, 11) is 0. The molecule has 3 rings (SSSR count). The molecule has 0 fully saturated rings. The van der Waals surface area contributed by atoms with Crippen molar-refractivity contribution < 1.29 is 0 Å². The maximum absolute atomic E-state index is 3.54. The van der Waals surface area contributed by atoms with Gasteiger partial charge in [-0.15, -0.1) is 0 Å². The third-order valence-electron chi connectivity index (χ3n) is 5.45. The number of unbranched alkanes of at least 4 members (excludes halogenated alkanes) is 4. The van der Waals surface area contributed by atoms with E-state index in [9.17, 15) is 0 Å². The summed E-state index contributed by atoms with van der Waals surface area (Å²) in [5.41, 5.74) is 7.35. The fourth-order valence-electron chi connectivity index (χ4n) is 3.74. The molecule has 0 heterocycles. The first-order valence-corrected chi connectivity index (χ1v) is 11.6. The maximum atomic E-state index is 3.54. The number of nitrogens with one attached hydrogen (secondary N) is 2. The fraction of sp³-hybridized carbons (Fsp3) is 0.357. The van der Waals surface area contributed by atoms with Crippen molar-refractivity contribution in [3.05, 3.63) is 83.9 Å². The minimum atomic E-state index is 1.11. The van der Waals surface area contributed by atoms with Gasteiger partial charge in [0.05, 0.1) is 0 Å². The molecule has 0 aliphatic carbocycles. The number of hydrogen-bond donors (Lipinski definition) is 2. The van der Waals surface area contributed by atoms with Gasteiger partial charge >= 0.3 is 0 Å². The lowest BCUT2D eigenvalue weighted by atomic mass is 10.1. The van der Waals surface area contributed by atoms with Crippen LogP contribution in [0.5, 0.6) is 0 Å². The Hall–Kier alpha value is -2.74. The van der Waals surface area contributed by atoms with E-state index in [4.69, 9.17) is 0 Å². The standard InChI is InChI=1S/C28H36N2/c1-3-5-7-11-23-13-9-15-27(21-23)29-25-17-19-26(20-18-25)30-28-16-10-14-24(22-28)12-8-6-4-2/h9-10,13-22,29-30H,3-8,11-12H2,1-2H3. The zero-order chi connectivity index (χ0) is 21.0. The molecule has 2 N–H and O–H groups in total. The summed E-state index contributed by atoms with van der Waals surface area (Å²) >= 11 is 0. The molecule has 0 unspecified atom stereocenters. The summed E-state index contributed by atoms with van der Waals surface area (Å²) in [6.45, 7) is 4.50. The van der Waals surface area contributed by atoms with Crippen LogP contribution in [0, 0.1) is 0 Å². The molecule has 0 amide bonds. The van der Waals surface area contributed by atoms with Crippen molar-refractivity contribution in [1.82, 2.24) is 0 Å². The molecule has 3 aromatic carbocycles. The molecule has 0 aliphatic heterocycles. The molecule has 158 valence electrons. The second-order valence-electron chi connectivity index (χ2n) is 8.14. The molecular weight excluding hydrogens is 364 g/mol. The molecule has 0 saturated carbocycles. The van der Waals surface area contributed by atoms with Gasteiger partial charge in [-0.3, -0.25) is 0 Å². The molecule has 0 aromatic heterocycles. The Morgan fingerprint density at radius 3 is 1.33 bits per heavy atom. The predicted molar refractivity (Wildman–Crippen MR) is 132 cm³/mol. The van der Waals surface area contributed by atoms with Crippen molar-refractivity contribution >= 4 is 22.7 Å². The highest BCUT2D eigenvalue weighted by atomic mass is 14.9. The van der Waals surface area contributed by atoms with Crippen LogP contribution in [0.25, 0.3) is 0 Å². The van der Waals surface area contributed by atoms with Gasteiger partial charge in [0, 0.05) is 22.7 Å². The molecule has 3 aromatic rings. The van der Waals surface area contributed by atoms with E-state index in [1.165, 1.54) is 49.7 Å². The van der Waals surface area contributed by atoms with Gasteiger partial charge in [0.15, 0.2) is 0 Å².